The van der Waals surface area contributed by atoms with Gasteiger partial charge in [-0.2, -0.15) is 0 Å². The number of aliphatic hydroxyl groups is 1. The van der Waals surface area contributed by atoms with E-state index in [1.165, 1.54) is 0 Å². The van der Waals surface area contributed by atoms with Gasteiger partial charge in [-0.1, -0.05) is 11.6 Å². The van der Waals surface area contributed by atoms with Crippen LogP contribution in [0, 0.1) is 12.8 Å². The van der Waals surface area contributed by atoms with Crippen molar-refractivity contribution in [2.75, 3.05) is 33.8 Å². The Morgan fingerprint density at radius 1 is 1.43 bits per heavy atom. The van der Waals surface area contributed by atoms with Crippen LogP contribution in [0.4, 0.5) is 0 Å². The fraction of sp³-hybridized carbons (Fsp3) is 0.611. The van der Waals surface area contributed by atoms with Crippen LogP contribution < -0.4 is 0 Å². The van der Waals surface area contributed by atoms with Crippen LogP contribution in [0.15, 0.2) is 18.2 Å². The monoisotopic (exact) mass is 338 g/mol. The molecule has 1 fully saturated rings. The smallest absolute Gasteiger partial charge is 0.253 e. The zero-order valence-corrected chi connectivity index (χ0v) is 15.0. The Kier molecular flexibility index (Phi) is 6.45. The summed E-state index contributed by atoms with van der Waals surface area (Å²) in [6, 6.07) is 5.93. The summed E-state index contributed by atoms with van der Waals surface area (Å²) in [5.41, 5.74) is 1.63. The Morgan fingerprint density at radius 3 is 2.78 bits per heavy atom. The molecule has 2 rings (SSSR count). The number of amides is 1. The largest absolute Gasteiger partial charge is 0.396 e. The summed E-state index contributed by atoms with van der Waals surface area (Å²) in [6.45, 7) is 3.66. The van der Waals surface area contributed by atoms with Crippen molar-refractivity contribution in [2.24, 2.45) is 5.92 Å². The second kappa shape index (κ2) is 8.13. The van der Waals surface area contributed by atoms with Crippen LogP contribution in [0.25, 0.3) is 0 Å². The number of carbonyl (C=O) groups excluding carboxylic acids is 1. The number of likely N-dealkylation sites (tertiary alicyclic amines) is 1. The molecule has 1 aliphatic rings. The third-order valence-electron chi connectivity index (χ3n) is 4.78. The number of aliphatic hydroxyl groups excluding tert-OH is 1. The summed E-state index contributed by atoms with van der Waals surface area (Å²) in [5, 5.41) is 9.81. The summed E-state index contributed by atoms with van der Waals surface area (Å²) in [6.07, 6.45) is 2.71. The van der Waals surface area contributed by atoms with Gasteiger partial charge in [0.15, 0.2) is 0 Å². The quantitative estimate of drug-likeness (QED) is 0.897. The van der Waals surface area contributed by atoms with E-state index in [9.17, 15) is 4.79 Å². The summed E-state index contributed by atoms with van der Waals surface area (Å²) in [5.74, 6) is 0.485. The lowest BCUT2D eigenvalue weighted by Gasteiger charge is -2.41. The number of benzene rings is 1. The first-order valence-corrected chi connectivity index (χ1v) is 8.64. The standard InChI is InChI=1S/C18H27ClN2O2/c1-13-11-14(6-7-16(13)19)18(23)21-9-8-17(20(2)3)15(12-21)5-4-10-22/h6-7,11,15,17,22H,4-5,8-10,12H2,1-3H3/t15-,17+/m0/s1. The van der Waals surface area contributed by atoms with Gasteiger partial charge < -0.3 is 14.9 Å². The molecule has 1 N–H and O–H groups in total. The molecule has 1 saturated heterocycles. The van der Waals surface area contributed by atoms with Crippen molar-refractivity contribution in [3.05, 3.63) is 34.3 Å². The zero-order chi connectivity index (χ0) is 17.0. The van der Waals surface area contributed by atoms with Gasteiger partial charge in [-0.15, -0.1) is 0 Å². The molecule has 0 aliphatic carbocycles. The van der Waals surface area contributed by atoms with E-state index in [0.717, 1.165) is 37.9 Å². The van der Waals surface area contributed by atoms with Crippen LogP contribution >= 0.6 is 11.6 Å². The molecule has 23 heavy (non-hydrogen) atoms. The second-order valence-electron chi connectivity index (χ2n) is 6.66. The molecule has 1 aromatic carbocycles. The van der Waals surface area contributed by atoms with E-state index in [1.807, 2.05) is 17.9 Å². The van der Waals surface area contributed by atoms with Gasteiger partial charge in [-0.25, -0.2) is 0 Å². The second-order valence-corrected chi connectivity index (χ2v) is 7.07. The fourth-order valence-corrected chi connectivity index (χ4v) is 3.60. The van der Waals surface area contributed by atoms with Crippen molar-refractivity contribution in [1.82, 2.24) is 9.80 Å². The first-order chi connectivity index (χ1) is 10.9. The van der Waals surface area contributed by atoms with Gasteiger partial charge in [0.05, 0.1) is 0 Å². The molecule has 0 bridgehead atoms. The average molecular weight is 339 g/mol. The minimum Gasteiger partial charge on any atom is -0.396 e. The number of aryl methyl sites for hydroxylation is 1. The van der Waals surface area contributed by atoms with Crippen molar-refractivity contribution >= 4 is 17.5 Å². The molecular formula is C18H27ClN2O2. The van der Waals surface area contributed by atoms with E-state index in [2.05, 4.69) is 19.0 Å². The molecule has 1 heterocycles. The summed E-state index contributed by atoms with van der Waals surface area (Å²) in [7, 11) is 4.19. The average Bonchev–Trinajstić information content (AvgIpc) is 2.54. The van der Waals surface area contributed by atoms with Gasteiger partial charge in [-0.05, 0) is 70.0 Å². The number of carbonyl (C=O) groups is 1. The van der Waals surface area contributed by atoms with Crippen LogP contribution in [-0.4, -0.2) is 60.6 Å². The Morgan fingerprint density at radius 2 is 2.17 bits per heavy atom. The number of hydrogen-bond donors (Lipinski definition) is 1. The molecule has 2 atom stereocenters. The van der Waals surface area contributed by atoms with Crippen molar-refractivity contribution in [2.45, 2.75) is 32.2 Å². The first kappa shape index (κ1) is 18.2. The van der Waals surface area contributed by atoms with Crippen LogP contribution in [0.2, 0.25) is 5.02 Å². The Hall–Kier alpha value is -1.10. The van der Waals surface area contributed by atoms with Gasteiger partial charge in [0, 0.05) is 36.3 Å². The highest BCUT2D eigenvalue weighted by atomic mass is 35.5. The van der Waals surface area contributed by atoms with E-state index in [0.29, 0.717) is 22.5 Å². The molecule has 0 unspecified atom stereocenters. The van der Waals surface area contributed by atoms with Crippen molar-refractivity contribution in [3.8, 4) is 0 Å². The Balaban J connectivity index is 2.10. The summed E-state index contributed by atoms with van der Waals surface area (Å²) in [4.78, 5) is 17.0. The van der Waals surface area contributed by atoms with E-state index < -0.39 is 0 Å². The number of piperidine rings is 1. The highest BCUT2D eigenvalue weighted by Gasteiger charge is 2.32. The number of rotatable bonds is 5. The lowest BCUT2D eigenvalue weighted by atomic mass is 9.87. The predicted molar refractivity (Wildman–Crippen MR) is 94.0 cm³/mol. The maximum atomic E-state index is 12.8. The number of nitrogens with zero attached hydrogens (tertiary/aromatic N) is 2. The molecule has 0 radical (unpaired) electrons. The molecule has 128 valence electrons. The van der Waals surface area contributed by atoms with Gasteiger partial charge in [-0.3, -0.25) is 4.79 Å². The molecule has 0 spiro atoms. The molecule has 5 heteroatoms. The molecule has 0 aromatic heterocycles. The topological polar surface area (TPSA) is 43.8 Å². The molecule has 1 amide bonds. The minimum atomic E-state index is 0.0796. The molecule has 4 nitrogen and oxygen atoms in total. The predicted octanol–water partition coefficient (Wildman–Crippen LogP) is 2.81. The molecule has 0 saturated carbocycles. The minimum absolute atomic E-state index is 0.0796. The fourth-order valence-electron chi connectivity index (χ4n) is 3.48. The zero-order valence-electron chi connectivity index (χ0n) is 14.3. The maximum Gasteiger partial charge on any atom is 0.253 e. The van der Waals surface area contributed by atoms with Crippen molar-refractivity contribution in [3.63, 3.8) is 0 Å². The third kappa shape index (κ3) is 4.46. The van der Waals surface area contributed by atoms with Crippen LogP contribution in [0.1, 0.15) is 35.2 Å². The number of hydrogen-bond acceptors (Lipinski definition) is 3. The van der Waals surface area contributed by atoms with Gasteiger partial charge in [0.25, 0.3) is 5.91 Å². The van der Waals surface area contributed by atoms with E-state index >= 15 is 0 Å². The number of halogens is 1. The van der Waals surface area contributed by atoms with Gasteiger partial charge in [0.2, 0.25) is 0 Å². The van der Waals surface area contributed by atoms with E-state index in [-0.39, 0.29) is 12.5 Å². The van der Waals surface area contributed by atoms with Crippen molar-refractivity contribution in [1.29, 1.82) is 0 Å². The molecule has 1 aliphatic heterocycles. The normalized spacial score (nSPS) is 21.7. The van der Waals surface area contributed by atoms with E-state index in [1.54, 1.807) is 12.1 Å². The first-order valence-electron chi connectivity index (χ1n) is 8.26. The van der Waals surface area contributed by atoms with Crippen LogP contribution in [0.5, 0.6) is 0 Å². The Bertz CT molecular complexity index is 548. The Labute approximate surface area is 144 Å². The lowest BCUT2D eigenvalue weighted by molar-refractivity contribution is 0.0495. The third-order valence-corrected chi connectivity index (χ3v) is 5.21. The van der Waals surface area contributed by atoms with Crippen LogP contribution in [-0.2, 0) is 0 Å². The molecule has 1 aromatic rings. The van der Waals surface area contributed by atoms with Gasteiger partial charge in [0.1, 0.15) is 0 Å². The SMILES string of the molecule is Cc1cc(C(=O)N2CC[C@@H](N(C)C)[C@@H](CCCO)C2)ccc1Cl. The van der Waals surface area contributed by atoms with Crippen LogP contribution in [0.3, 0.4) is 0 Å². The highest BCUT2D eigenvalue weighted by Crippen LogP contribution is 2.26. The summed E-state index contributed by atoms with van der Waals surface area (Å²) < 4.78 is 0. The van der Waals surface area contributed by atoms with Gasteiger partial charge >= 0.3 is 0 Å². The van der Waals surface area contributed by atoms with E-state index in [4.69, 9.17) is 16.7 Å². The molecular weight excluding hydrogens is 312 g/mol. The highest BCUT2D eigenvalue weighted by molar-refractivity contribution is 6.31. The van der Waals surface area contributed by atoms with Crippen molar-refractivity contribution < 1.29 is 9.90 Å². The lowest BCUT2D eigenvalue weighted by Crippen LogP contribution is -2.50. The summed E-state index contributed by atoms with van der Waals surface area (Å²) >= 11 is 6.05. The maximum absolute atomic E-state index is 12.8.